The van der Waals surface area contributed by atoms with Crippen LogP contribution in [0.25, 0.3) is 0 Å². The van der Waals surface area contributed by atoms with Gasteiger partial charge in [-0.25, -0.2) is 9.13 Å². The van der Waals surface area contributed by atoms with Gasteiger partial charge in [-0.1, -0.05) is 323 Å². The van der Waals surface area contributed by atoms with Gasteiger partial charge in [-0.15, -0.1) is 0 Å². The molecule has 0 rings (SSSR count). The van der Waals surface area contributed by atoms with Crippen molar-refractivity contribution in [2.24, 2.45) is 17.8 Å². The van der Waals surface area contributed by atoms with Gasteiger partial charge in [-0.2, -0.15) is 0 Å². The number of hydrogen-bond donors (Lipinski definition) is 3. The SMILES string of the molecule is CCCCCC/C=C\C=C/CCCCCCCC(=O)O[C@H](COC(=O)CCCCCCCCC(C)C)COP(=O)(O)OC[C@H](O)COP(=O)(O)OC[C@@H](COC(=O)CCCCCCCCCCCCCC(C)C)OC(=O)CCCCCCCCCCCCCCCCCCC(C)C. The Balaban J connectivity index is 5.26. The van der Waals surface area contributed by atoms with Crippen LogP contribution in [0.5, 0.6) is 0 Å². The Kier molecular flexibility index (Phi) is 66.3. The summed E-state index contributed by atoms with van der Waals surface area (Å²) in [5.41, 5.74) is 0. The van der Waals surface area contributed by atoms with E-state index in [1.54, 1.807) is 0 Å². The summed E-state index contributed by atoms with van der Waals surface area (Å²) < 4.78 is 68.5. The summed E-state index contributed by atoms with van der Waals surface area (Å²) >= 11 is 0. The Labute approximate surface area is 592 Å². The Bertz CT molecular complexity index is 1980. The summed E-state index contributed by atoms with van der Waals surface area (Å²) in [6.45, 7) is 11.8. The third kappa shape index (κ3) is 71.7. The zero-order chi connectivity index (χ0) is 71.6. The molecule has 19 heteroatoms. The first-order chi connectivity index (χ1) is 46.7. The molecule has 0 aromatic carbocycles. The predicted octanol–water partition coefficient (Wildman–Crippen LogP) is 22.5. The van der Waals surface area contributed by atoms with Crippen LogP contribution in [0.4, 0.5) is 0 Å². The van der Waals surface area contributed by atoms with Crippen LogP contribution in [0.3, 0.4) is 0 Å². The lowest BCUT2D eigenvalue weighted by molar-refractivity contribution is -0.161. The number of allylic oxidation sites excluding steroid dienone is 4. The molecule has 0 aliphatic carbocycles. The van der Waals surface area contributed by atoms with E-state index in [9.17, 15) is 43.2 Å². The van der Waals surface area contributed by atoms with Gasteiger partial charge in [-0.3, -0.25) is 37.3 Å². The van der Waals surface area contributed by atoms with Crippen LogP contribution in [0, 0.1) is 17.8 Å². The summed E-state index contributed by atoms with van der Waals surface area (Å²) in [4.78, 5) is 72.8. The van der Waals surface area contributed by atoms with Crippen molar-refractivity contribution in [2.75, 3.05) is 39.6 Å². The number of hydrogen-bond acceptors (Lipinski definition) is 15. The molecular weight excluding hydrogens is 1270 g/mol. The first-order valence-corrected chi connectivity index (χ1v) is 42.7. The molecule has 0 saturated carbocycles. The van der Waals surface area contributed by atoms with Gasteiger partial charge in [0, 0.05) is 25.7 Å². The highest BCUT2D eigenvalue weighted by Gasteiger charge is 2.30. The minimum atomic E-state index is -4.96. The number of esters is 4. The van der Waals surface area contributed by atoms with Crippen LogP contribution in [0.15, 0.2) is 24.3 Å². The quantitative estimate of drug-likeness (QED) is 0.0169. The lowest BCUT2D eigenvalue weighted by Gasteiger charge is -2.21. The van der Waals surface area contributed by atoms with E-state index in [-0.39, 0.29) is 25.7 Å². The monoisotopic (exact) mass is 1420 g/mol. The molecule has 0 saturated heterocycles. The van der Waals surface area contributed by atoms with Gasteiger partial charge in [0.1, 0.15) is 19.3 Å². The maximum absolute atomic E-state index is 13.1. The molecule has 3 N–H and O–H groups in total. The van der Waals surface area contributed by atoms with Crippen LogP contribution in [-0.4, -0.2) is 96.7 Å². The number of carbonyl (C=O) groups excluding carboxylic acids is 4. The number of ether oxygens (including phenoxy) is 4. The van der Waals surface area contributed by atoms with Crippen molar-refractivity contribution >= 4 is 39.5 Å². The summed E-state index contributed by atoms with van der Waals surface area (Å²) in [6.07, 6.45) is 57.9. The average molecular weight is 1420 g/mol. The third-order valence-corrected chi connectivity index (χ3v) is 19.4. The van der Waals surface area contributed by atoms with E-state index >= 15 is 0 Å². The maximum atomic E-state index is 13.1. The van der Waals surface area contributed by atoms with E-state index in [2.05, 4.69) is 72.8 Å². The number of unbranched alkanes of at least 4 members (excludes halogenated alkanes) is 39. The Hall–Kier alpha value is -2.46. The van der Waals surface area contributed by atoms with Gasteiger partial charge in [-0.05, 0) is 69.1 Å². The molecule has 2 unspecified atom stereocenters. The second-order valence-corrected chi connectivity index (χ2v) is 31.7. The van der Waals surface area contributed by atoms with Crippen molar-refractivity contribution in [2.45, 2.75) is 394 Å². The molecule has 0 bridgehead atoms. The molecule has 0 aromatic heterocycles. The number of carbonyl (C=O) groups is 4. The van der Waals surface area contributed by atoms with Gasteiger partial charge in [0.05, 0.1) is 26.4 Å². The molecule has 0 fully saturated rings. The van der Waals surface area contributed by atoms with Crippen LogP contribution < -0.4 is 0 Å². The molecular formula is C78H148O17P2. The molecule has 5 atom stereocenters. The second kappa shape index (κ2) is 68.0. The fraction of sp³-hybridized carbons (Fsp3) is 0.897. The highest BCUT2D eigenvalue weighted by molar-refractivity contribution is 7.47. The summed E-state index contributed by atoms with van der Waals surface area (Å²) in [7, 11) is -9.93. The molecule has 0 amide bonds. The van der Waals surface area contributed by atoms with E-state index < -0.39 is 97.5 Å². The molecule has 572 valence electrons. The second-order valence-electron chi connectivity index (χ2n) is 28.8. The Morgan fingerprint density at radius 3 is 0.835 bits per heavy atom. The number of rotatable bonds is 74. The zero-order valence-corrected chi connectivity index (χ0v) is 64.8. The molecule has 0 radical (unpaired) electrons. The normalized spacial score (nSPS) is 14.2. The van der Waals surface area contributed by atoms with Crippen LogP contribution in [-0.2, 0) is 65.4 Å². The highest BCUT2D eigenvalue weighted by Crippen LogP contribution is 2.45. The van der Waals surface area contributed by atoms with Crippen molar-refractivity contribution in [3.8, 4) is 0 Å². The van der Waals surface area contributed by atoms with E-state index in [1.807, 2.05) is 0 Å². The molecule has 17 nitrogen and oxygen atoms in total. The van der Waals surface area contributed by atoms with E-state index in [0.717, 1.165) is 121 Å². The number of aliphatic hydroxyl groups excluding tert-OH is 1. The standard InChI is InChI=1S/C78H148O17P2/c1-8-9-10-11-12-13-14-15-18-22-27-33-38-47-54-62-78(83)95-74(66-89-76(81)60-53-46-41-40-44-51-58-71(6)7)68-93-97(86,87)91-64-72(79)63-90-96(84,85)92-67-73(65-88-75(80)59-52-45-37-32-29-24-26-31-36-43-50-57-70(4)5)94-77(82)61-55-48-39-34-28-23-20-17-16-19-21-25-30-35-42-49-56-69(2)3/h13-15,18,69-74,79H,8-12,16-17,19-68H2,1-7H3,(H,84,85)(H,86,87)/b14-13-,18-15-/t72-,73-,74-/m1/s1. The largest absolute Gasteiger partial charge is 0.472 e. The van der Waals surface area contributed by atoms with Crippen molar-refractivity contribution in [1.29, 1.82) is 0 Å². The zero-order valence-electron chi connectivity index (χ0n) is 63.0. The summed E-state index contributed by atoms with van der Waals surface area (Å²) in [6, 6.07) is 0. The van der Waals surface area contributed by atoms with Gasteiger partial charge >= 0.3 is 39.5 Å². The van der Waals surface area contributed by atoms with Crippen LogP contribution >= 0.6 is 15.6 Å². The van der Waals surface area contributed by atoms with Gasteiger partial charge < -0.3 is 33.8 Å². The molecule has 0 spiro atoms. The predicted molar refractivity (Wildman–Crippen MR) is 395 cm³/mol. The van der Waals surface area contributed by atoms with E-state index in [0.29, 0.717) is 31.6 Å². The lowest BCUT2D eigenvalue weighted by Crippen LogP contribution is -2.30. The Morgan fingerprint density at radius 2 is 0.557 bits per heavy atom. The van der Waals surface area contributed by atoms with Gasteiger partial charge in [0.25, 0.3) is 0 Å². The van der Waals surface area contributed by atoms with E-state index in [1.165, 1.54) is 167 Å². The first kappa shape index (κ1) is 94.5. The first-order valence-electron chi connectivity index (χ1n) is 39.7. The minimum absolute atomic E-state index is 0.0838. The third-order valence-electron chi connectivity index (χ3n) is 17.5. The van der Waals surface area contributed by atoms with Crippen molar-refractivity contribution in [3.63, 3.8) is 0 Å². The maximum Gasteiger partial charge on any atom is 0.472 e. The smallest absolute Gasteiger partial charge is 0.462 e. The van der Waals surface area contributed by atoms with Crippen molar-refractivity contribution in [3.05, 3.63) is 24.3 Å². The van der Waals surface area contributed by atoms with Crippen LogP contribution in [0.2, 0.25) is 0 Å². The molecule has 0 aliphatic rings. The van der Waals surface area contributed by atoms with Gasteiger partial charge in [0.15, 0.2) is 12.2 Å². The average Bonchev–Trinajstić information content (AvgIpc) is 1.67. The van der Waals surface area contributed by atoms with Crippen LogP contribution in [0.1, 0.15) is 376 Å². The summed E-state index contributed by atoms with van der Waals surface area (Å²) in [5, 5.41) is 10.6. The number of phosphoric acid groups is 2. The van der Waals surface area contributed by atoms with Gasteiger partial charge in [0.2, 0.25) is 0 Å². The number of phosphoric ester groups is 2. The topological polar surface area (TPSA) is 237 Å². The lowest BCUT2D eigenvalue weighted by atomic mass is 10.0. The Morgan fingerprint density at radius 1 is 0.320 bits per heavy atom. The molecule has 0 aromatic rings. The fourth-order valence-corrected chi connectivity index (χ4v) is 13.0. The van der Waals surface area contributed by atoms with E-state index in [4.69, 9.17) is 37.0 Å². The summed E-state index contributed by atoms with van der Waals surface area (Å²) in [5.74, 6) is 0.106. The molecule has 97 heavy (non-hydrogen) atoms. The van der Waals surface area contributed by atoms with Crippen molar-refractivity contribution < 1.29 is 80.2 Å². The minimum Gasteiger partial charge on any atom is -0.462 e. The number of aliphatic hydroxyl groups is 1. The molecule has 0 aliphatic heterocycles. The molecule has 0 heterocycles. The fourth-order valence-electron chi connectivity index (χ4n) is 11.4. The highest BCUT2D eigenvalue weighted by atomic mass is 31.2. The van der Waals surface area contributed by atoms with Crippen molar-refractivity contribution in [1.82, 2.24) is 0 Å².